The van der Waals surface area contributed by atoms with Crippen molar-refractivity contribution in [3.05, 3.63) is 29.6 Å². The molecule has 1 N–H and O–H groups in total. The van der Waals surface area contributed by atoms with Crippen LogP contribution in [0.4, 0.5) is 4.39 Å². The summed E-state index contributed by atoms with van der Waals surface area (Å²) in [5.41, 5.74) is 0.334. The molecular weight excluding hydrogens is 293 g/mol. The Hall–Kier alpha value is -1.43. The Morgan fingerprint density at radius 2 is 2.05 bits per heavy atom. The van der Waals surface area contributed by atoms with Gasteiger partial charge in [0.1, 0.15) is 0 Å². The van der Waals surface area contributed by atoms with E-state index in [1.54, 1.807) is 6.07 Å². The van der Waals surface area contributed by atoms with E-state index in [2.05, 4.69) is 5.32 Å². The van der Waals surface area contributed by atoms with Crippen LogP contribution in [0.25, 0.3) is 0 Å². The topological polar surface area (TPSA) is 55.4 Å². The third kappa shape index (κ3) is 6.71. The van der Waals surface area contributed by atoms with E-state index in [1.807, 2.05) is 20.8 Å². The summed E-state index contributed by atoms with van der Waals surface area (Å²) >= 11 is 0. The lowest BCUT2D eigenvalue weighted by Crippen LogP contribution is -2.41. The van der Waals surface area contributed by atoms with Gasteiger partial charge in [-0.05, 0) is 38.5 Å². The van der Waals surface area contributed by atoms with Gasteiger partial charge in [0.25, 0.3) is 0 Å². The summed E-state index contributed by atoms with van der Waals surface area (Å²) in [5, 5.41) is 2.81. The molecule has 4 nitrogen and oxygen atoms in total. The maximum atomic E-state index is 13.5. The van der Waals surface area contributed by atoms with Gasteiger partial charge < -0.3 is 10.1 Å². The van der Waals surface area contributed by atoms with Crippen molar-refractivity contribution in [2.24, 2.45) is 0 Å². The number of hydrogen-bond donors (Lipinski definition) is 1. The minimum Gasteiger partial charge on any atom is -0.494 e. The van der Waals surface area contributed by atoms with E-state index in [0.717, 1.165) is 0 Å². The lowest BCUT2D eigenvalue weighted by molar-refractivity contribution is -0.122. The van der Waals surface area contributed by atoms with Crippen molar-refractivity contribution in [2.75, 3.05) is 12.9 Å². The molecule has 21 heavy (non-hydrogen) atoms. The average Bonchev–Trinajstić information content (AvgIpc) is 2.34. The lowest BCUT2D eigenvalue weighted by Gasteiger charge is -2.20. The lowest BCUT2D eigenvalue weighted by atomic mass is 10.1. The Bertz CT molecular complexity index is 526. The molecule has 0 radical (unpaired) electrons. The average molecular weight is 315 g/mol. The Balaban J connectivity index is 2.47. The molecule has 0 aliphatic heterocycles. The van der Waals surface area contributed by atoms with Gasteiger partial charge in [-0.1, -0.05) is 6.07 Å². The normalized spacial score (nSPS) is 12.8. The van der Waals surface area contributed by atoms with Crippen LogP contribution >= 0.6 is 0 Å². The molecule has 0 unspecified atom stereocenters. The molecular formula is C15H22FNO3S. The van der Waals surface area contributed by atoms with E-state index < -0.39 is 16.6 Å². The smallest absolute Gasteiger partial charge is 0.221 e. The van der Waals surface area contributed by atoms with E-state index in [0.29, 0.717) is 5.56 Å². The Labute approximate surface area is 127 Å². The van der Waals surface area contributed by atoms with Crippen LogP contribution in [0, 0.1) is 5.82 Å². The second-order valence-electron chi connectivity index (χ2n) is 5.81. The zero-order valence-electron chi connectivity index (χ0n) is 12.9. The zero-order chi connectivity index (χ0) is 16.0. The van der Waals surface area contributed by atoms with Crippen LogP contribution in [0.5, 0.6) is 5.75 Å². The van der Waals surface area contributed by atoms with Crippen molar-refractivity contribution < 1.29 is 18.1 Å². The highest BCUT2D eigenvalue weighted by Gasteiger charge is 2.14. The van der Waals surface area contributed by atoms with Gasteiger partial charge in [0.05, 0.1) is 7.11 Å². The Kier molecular flexibility index (Phi) is 6.33. The van der Waals surface area contributed by atoms with Gasteiger partial charge in [-0.3, -0.25) is 9.00 Å². The first-order valence-corrected chi connectivity index (χ1v) is 8.18. The molecule has 1 amide bonds. The summed E-state index contributed by atoms with van der Waals surface area (Å²) in [4.78, 5) is 11.6. The number of hydrogen-bond acceptors (Lipinski definition) is 3. The van der Waals surface area contributed by atoms with E-state index in [4.69, 9.17) is 4.74 Å². The van der Waals surface area contributed by atoms with Crippen molar-refractivity contribution in [2.45, 2.75) is 38.5 Å². The maximum Gasteiger partial charge on any atom is 0.221 e. The Morgan fingerprint density at radius 1 is 1.38 bits per heavy atom. The molecule has 1 aromatic rings. The number of halogens is 1. The number of carbonyl (C=O) groups excluding carboxylic acids is 1. The van der Waals surface area contributed by atoms with Crippen LogP contribution in [-0.4, -0.2) is 28.5 Å². The highest BCUT2D eigenvalue weighted by atomic mass is 32.2. The standard InChI is InChI=1S/C15H22FNO3S/c1-15(2,3)17-14(18)7-8-21(19)10-11-5-6-13(20-4)12(16)9-11/h5-6,9H,7-8,10H2,1-4H3,(H,17,18)/t21-/m1/s1. The monoisotopic (exact) mass is 315 g/mol. The highest BCUT2D eigenvalue weighted by Crippen LogP contribution is 2.18. The highest BCUT2D eigenvalue weighted by molar-refractivity contribution is 7.84. The SMILES string of the molecule is COc1ccc(C[S@](=O)CCC(=O)NC(C)(C)C)cc1F. The molecule has 0 aliphatic rings. The van der Waals surface area contributed by atoms with Crippen LogP contribution < -0.4 is 10.1 Å². The molecule has 1 aromatic carbocycles. The van der Waals surface area contributed by atoms with Crippen LogP contribution in [0.3, 0.4) is 0 Å². The quantitative estimate of drug-likeness (QED) is 0.877. The van der Waals surface area contributed by atoms with Gasteiger partial charge in [-0.15, -0.1) is 0 Å². The summed E-state index contributed by atoms with van der Waals surface area (Å²) in [6.07, 6.45) is 0.197. The number of rotatable bonds is 6. The van der Waals surface area contributed by atoms with E-state index in [9.17, 15) is 13.4 Å². The molecule has 0 saturated heterocycles. The molecule has 118 valence electrons. The first-order chi connectivity index (χ1) is 9.71. The van der Waals surface area contributed by atoms with Crippen LogP contribution in [-0.2, 0) is 21.3 Å². The number of methoxy groups -OCH3 is 1. The summed E-state index contributed by atoms with van der Waals surface area (Å²) in [6.45, 7) is 5.67. The molecule has 0 aromatic heterocycles. The van der Waals surface area contributed by atoms with Crippen molar-refractivity contribution >= 4 is 16.7 Å². The van der Waals surface area contributed by atoms with Crippen molar-refractivity contribution in [1.82, 2.24) is 5.32 Å². The van der Waals surface area contributed by atoms with Gasteiger partial charge in [-0.25, -0.2) is 4.39 Å². The summed E-state index contributed by atoms with van der Waals surface area (Å²) in [6, 6.07) is 4.50. The molecule has 1 atom stereocenters. The second-order valence-corrected chi connectivity index (χ2v) is 7.38. The molecule has 6 heteroatoms. The van der Waals surface area contributed by atoms with Crippen LogP contribution in [0.1, 0.15) is 32.8 Å². The van der Waals surface area contributed by atoms with Gasteiger partial charge in [0, 0.05) is 34.3 Å². The molecule has 0 spiro atoms. The third-order valence-electron chi connectivity index (χ3n) is 2.62. The fraction of sp³-hybridized carbons (Fsp3) is 0.533. The molecule has 1 rings (SSSR count). The predicted octanol–water partition coefficient (Wildman–Crippen LogP) is 2.39. The zero-order valence-corrected chi connectivity index (χ0v) is 13.7. The van der Waals surface area contributed by atoms with Crippen molar-refractivity contribution in [3.63, 3.8) is 0 Å². The molecule has 0 aliphatic carbocycles. The van der Waals surface area contributed by atoms with Crippen molar-refractivity contribution in [1.29, 1.82) is 0 Å². The van der Waals surface area contributed by atoms with Crippen LogP contribution in [0.15, 0.2) is 18.2 Å². The second kappa shape index (κ2) is 7.54. The van der Waals surface area contributed by atoms with Gasteiger partial charge in [0.2, 0.25) is 5.91 Å². The number of amides is 1. The van der Waals surface area contributed by atoms with E-state index in [1.165, 1.54) is 19.2 Å². The fourth-order valence-electron chi connectivity index (χ4n) is 1.75. The van der Waals surface area contributed by atoms with Gasteiger partial charge >= 0.3 is 0 Å². The number of carbonyl (C=O) groups is 1. The first kappa shape index (κ1) is 17.6. The van der Waals surface area contributed by atoms with E-state index >= 15 is 0 Å². The number of benzene rings is 1. The van der Waals surface area contributed by atoms with Gasteiger partial charge in [-0.2, -0.15) is 0 Å². The molecule has 0 fully saturated rings. The third-order valence-corrected chi connectivity index (χ3v) is 3.93. The van der Waals surface area contributed by atoms with Gasteiger partial charge in [0.15, 0.2) is 11.6 Å². The first-order valence-electron chi connectivity index (χ1n) is 6.69. The minimum atomic E-state index is -1.21. The molecule has 0 heterocycles. The summed E-state index contributed by atoms with van der Waals surface area (Å²) in [5.74, 6) is 0.0440. The maximum absolute atomic E-state index is 13.5. The number of ether oxygens (including phenoxy) is 1. The Morgan fingerprint density at radius 3 is 2.57 bits per heavy atom. The molecule has 0 saturated carbocycles. The molecule has 0 bridgehead atoms. The minimum absolute atomic E-state index is 0.128. The largest absolute Gasteiger partial charge is 0.494 e. The van der Waals surface area contributed by atoms with Crippen LogP contribution in [0.2, 0.25) is 0 Å². The predicted molar refractivity (Wildman–Crippen MR) is 82.2 cm³/mol. The summed E-state index contributed by atoms with van der Waals surface area (Å²) < 4.78 is 30.3. The van der Waals surface area contributed by atoms with E-state index in [-0.39, 0.29) is 35.1 Å². The summed E-state index contributed by atoms with van der Waals surface area (Å²) in [7, 11) is 0.188. The number of nitrogens with one attached hydrogen (secondary N) is 1. The van der Waals surface area contributed by atoms with Crippen molar-refractivity contribution in [3.8, 4) is 5.75 Å². The fourth-order valence-corrected chi connectivity index (χ4v) is 2.85.